The normalized spacial score (nSPS) is 18.3. The molecule has 46 heavy (non-hydrogen) atoms. The monoisotopic (exact) mass is 632 g/mol. The zero-order chi connectivity index (χ0) is 32.8. The summed E-state index contributed by atoms with van der Waals surface area (Å²) in [7, 11) is 0. The number of fused-ring (bicyclic) bond motifs is 2. The van der Waals surface area contributed by atoms with E-state index in [1.807, 2.05) is 33.4 Å². The summed E-state index contributed by atoms with van der Waals surface area (Å²) in [5.74, 6) is 0.520. The lowest BCUT2D eigenvalue weighted by atomic mass is 9.89. The zero-order valence-corrected chi connectivity index (χ0v) is 27.8. The fourth-order valence-electron chi connectivity index (χ4n) is 7.27. The molecule has 0 bridgehead atoms. The molecule has 248 valence electrons. The molecule has 1 saturated carbocycles. The van der Waals surface area contributed by atoms with E-state index < -0.39 is 0 Å². The summed E-state index contributed by atoms with van der Waals surface area (Å²) in [6.45, 7) is 8.54. The van der Waals surface area contributed by atoms with Gasteiger partial charge in [0.05, 0.1) is 25.3 Å². The van der Waals surface area contributed by atoms with Gasteiger partial charge in [-0.3, -0.25) is 9.59 Å². The summed E-state index contributed by atoms with van der Waals surface area (Å²) >= 11 is 0. The molecule has 10 heteroatoms. The van der Waals surface area contributed by atoms with Crippen LogP contribution in [-0.2, 0) is 22.7 Å². The third-order valence-corrected chi connectivity index (χ3v) is 9.19. The van der Waals surface area contributed by atoms with Crippen molar-refractivity contribution in [1.82, 2.24) is 19.8 Å². The first kappa shape index (κ1) is 33.6. The Bertz CT molecular complexity index is 1510. The van der Waals surface area contributed by atoms with Gasteiger partial charge in [0.1, 0.15) is 12.1 Å². The fourth-order valence-corrected chi connectivity index (χ4v) is 7.27. The van der Waals surface area contributed by atoms with Gasteiger partial charge in [0.15, 0.2) is 35.2 Å². The molecule has 0 saturated heterocycles. The number of aliphatic hydroxyl groups is 2. The number of para-hydroxylation sites is 4. The maximum absolute atomic E-state index is 13.1. The molecule has 2 aromatic carbocycles. The van der Waals surface area contributed by atoms with Crippen LogP contribution in [0, 0.1) is 11.8 Å². The minimum atomic E-state index is -0.260. The number of hydrogen-bond acceptors (Lipinski definition) is 4. The van der Waals surface area contributed by atoms with Crippen molar-refractivity contribution in [2.75, 3.05) is 13.2 Å². The molecule has 4 N–H and O–H groups in total. The molecule has 5 rings (SSSR count). The largest absolute Gasteiger partial charge is 0.394 e. The van der Waals surface area contributed by atoms with Crippen molar-refractivity contribution in [1.29, 1.82) is 0 Å². The first-order chi connectivity index (χ1) is 22.2. The van der Waals surface area contributed by atoms with Crippen molar-refractivity contribution in [3.63, 3.8) is 0 Å². The van der Waals surface area contributed by atoms with Crippen LogP contribution in [0.3, 0.4) is 0 Å². The number of aromatic nitrogens is 4. The smallest absolute Gasteiger partial charge is 0.262 e. The average Bonchev–Trinajstić information content (AvgIpc) is 3.58. The second-order valence-corrected chi connectivity index (χ2v) is 13.9. The van der Waals surface area contributed by atoms with Gasteiger partial charge >= 0.3 is 0 Å². The van der Waals surface area contributed by atoms with Crippen LogP contribution in [0.4, 0.5) is 0 Å². The Morgan fingerprint density at radius 3 is 1.48 bits per heavy atom. The number of benzene rings is 2. The van der Waals surface area contributed by atoms with E-state index in [4.69, 9.17) is 0 Å². The van der Waals surface area contributed by atoms with E-state index in [0.717, 1.165) is 60.6 Å². The predicted molar refractivity (Wildman–Crippen MR) is 178 cm³/mol. The Morgan fingerprint density at radius 2 is 1.11 bits per heavy atom. The lowest BCUT2D eigenvalue weighted by Crippen LogP contribution is -2.47. The van der Waals surface area contributed by atoms with Gasteiger partial charge in [0, 0.05) is 0 Å². The van der Waals surface area contributed by atoms with E-state index in [1.54, 1.807) is 0 Å². The molecule has 4 atom stereocenters. The third-order valence-electron chi connectivity index (χ3n) is 9.19. The van der Waals surface area contributed by atoms with E-state index in [9.17, 15) is 19.8 Å². The van der Waals surface area contributed by atoms with E-state index >= 15 is 0 Å². The van der Waals surface area contributed by atoms with Gasteiger partial charge in [-0.2, -0.15) is 0 Å². The van der Waals surface area contributed by atoms with Crippen molar-refractivity contribution < 1.29 is 28.9 Å². The number of carbonyl (C=O) groups is 2. The number of nitrogens with one attached hydrogen (secondary N) is 2. The maximum atomic E-state index is 13.1. The Hall–Kier alpha value is -3.76. The minimum Gasteiger partial charge on any atom is -0.394 e. The lowest BCUT2D eigenvalue weighted by Gasteiger charge is -2.27. The molecule has 0 radical (unpaired) electrons. The molecule has 2 amide bonds. The van der Waals surface area contributed by atoms with Crippen LogP contribution in [0.25, 0.3) is 22.1 Å². The molecule has 1 aliphatic rings. The van der Waals surface area contributed by atoms with Crippen LogP contribution in [0.1, 0.15) is 78.3 Å². The number of carbonyl (C=O) groups excluding carboxylic acids is 2. The highest BCUT2D eigenvalue weighted by Crippen LogP contribution is 2.40. The van der Waals surface area contributed by atoms with E-state index in [-0.39, 0.29) is 62.3 Å². The molecule has 4 unspecified atom stereocenters. The number of aliphatic hydroxyl groups excluding tert-OH is 2. The number of imidazole rings is 2. The van der Waals surface area contributed by atoms with Gasteiger partial charge in [0.25, 0.3) is 11.8 Å². The van der Waals surface area contributed by atoms with Crippen LogP contribution in [0.5, 0.6) is 0 Å². The SMILES string of the molecule is CC(C)CC(CO)NC(=O)C[n+]1cn(C2CCCCC2n2c[n+](CC(=O)NC(CO)CC(C)C)c3ccccc32)c2ccccc21. The summed E-state index contributed by atoms with van der Waals surface area (Å²) < 4.78 is 8.72. The van der Waals surface area contributed by atoms with E-state index in [2.05, 4.69) is 84.4 Å². The fraction of sp³-hybridized carbons (Fsp3) is 0.556. The molecule has 1 aliphatic carbocycles. The maximum Gasteiger partial charge on any atom is 0.262 e. The summed E-state index contributed by atoms with van der Waals surface area (Å²) in [6.07, 6.45) is 9.84. The first-order valence-electron chi connectivity index (χ1n) is 17.0. The summed E-state index contributed by atoms with van der Waals surface area (Å²) in [5.41, 5.74) is 4.15. The number of amides is 2. The van der Waals surface area contributed by atoms with Crippen LogP contribution in [0.15, 0.2) is 61.2 Å². The third kappa shape index (κ3) is 7.78. The predicted octanol–water partition coefficient (Wildman–Crippen LogP) is 3.57. The van der Waals surface area contributed by atoms with Crippen LogP contribution in [0.2, 0.25) is 0 Å². The van der Waals surface area contributed by atoms with Gasteiger partial charge in [-0.1, -0.05) is 52.0 Å². The van der Waals surface area contributed by atoms with Crippen molar-refractivity contribution in [2.45, 2.75) is 103 Å². The quantitative estimate of drug-likeness (QED) is 0.159. The van der Waals surface area contributed by atoms with Crippen molar-refractivity contribution in [3.8, 4) is 0 Å². The van der Waals surface area contributed by atoms with E-state index in [1.165, 1.54) is 0 Å². The molecular formula is C36H52N6O4+2. The molecule has 2 aromatic heterocycles. The van der Waals surface area contributed by atoms with Gasteiger partial charge in [-0.25, -0.2) is 18.3 Å². The van der Waals surface area contributed by atoms with Crippen LogP contribution >= 0.6 is 0 Å². The summed E-state index contributed by atoms with van der Waals surface area (Å²) in [6, 6.07) is 16.2. The topological polar surface area (TPSA) is 116 Å². The lowest BCUT2D eigenvalue weighted by molar-refractivity contribution is -0.660. The molecule has 0 spiro atoms. The molecule has 2 heterocycles. The minimum absolute atomic E-state index is 0.0768. The van der Waals surface area contributed by atoms with Crippen LogP contribution < -0.4 is 19.8 Å². The highest BCUT2D eigenvalue weighted by Gasteiger charge is 2.38. The zero-order valence-electron chi connectivity index (χ0n) is 27.8. The van der Waals surface area contributed by atoms with Crippen molar-refractivity contribution in [2.24, 2.45) is 11.8 Å². The van der Waals surface area contributed by atoms with Crippen molar-refractivity contribution >= 4 is 33.9 Å². The first-order valence-corrected chi connectivity index (χ1v) is 17.0. The molecule has 1 fully saturated rings. The standard InChI is InChI=1S/C36H50N6O4/c1-25(2)17-27(21-43)37-35(45)19-39-23-41(31-13-7-5-11-29(31)39)33-15-9-10-16-34(33)42-24-40(30-12-6-8-14-32(30)42)20-36(46)38-28(22-44)18-26(3)4/h5-8,11-14,23-28,33-34,43-44H,9-10,15-22H2,1-4H3/p+2. The van der Waals surface area contributed by atoms with Crippen LogP contribution in [-0.4, -0.2) is 56.5 Å². The van der Waals surface area contributed by atoms with Gasteiger partial charge < -0.3 is 20.8 Å². The molecule has 4 aromatic rings. The average molecular weight is 633 g/mol. The van der Waals surface area contributed by atoms with E-state index in [0.29, 0.717) is 11.8 Å². The molecule has 10 nitrogen and oxygen atoms in total. The Balaban J connectivity index is 1.44. The highest BCUT2D eigenvalue weighted by atomic mass is 16.3. The number of rotatable bonds is 14. The summed E-state index contributed by atoms with van der Waals surface area (Å²) in [4.78, 5) is 26.3. The van der Waals surface area contributed by atoms with Gasteiger partial charge in [-0.05, 0) is 74.6 Å². The molecule has 0 aliphatic heterocycles. The number of hydrogen-bond donors (Lipinski definition) is 4. The Morgan fingerprint density at radius 1 is 0.717 bits per heavy atom. The van der Waals surface area contributed by atoms with Crippen molar-refractivity contribution in [3.05, 3.63) is 61.2 Å². The Labute approximate surface area is 272 Å². The second-order valence-electron chi connectivity index (χ2n) is 13.9. The Kier molecular flexibility index (Phi) is 11.1. The summed E-state index contributed by atoms with van der Waals surface area (Å²) in [5, 5.41) is 25.7. The second kappa shape index (κ2) is 15.2. The highest BCUT2D eigenvalue weighted by molar-refractivity contribution is 5.77. The van der Waals surface area contributed by atoms with Gasteiger partial charge in [0.2, 0.25) is 12.7 Å². The number of nitrogens with zero attached hydrogens (tertiary/aromatic N) is 4. The molecular weight excluding hydrogens is 580 g/mol. The van der Waals surface area contributed by atoms with Gasteiger partial charge in [-0.15, -0.1) is 0 Å².